The van der Waals surface area contributed by atoms with Crippen LogP contribution in [-0.4, -0.2) is 36.2 Å². The lowest BCUT2D eigenvalue weighted by Crippen LogP contribution is -2.30. The van der Waals surface area contributed by atoms with Crippen LogP contribution in [0.2, 0.25) is 0 Å². The van der Waals surface area contributed by atoms with Crippen molar-refractivity contribution in [2.24, 2.45) is 0 Å². The van der Waals surface area contributed by atoms with Crippen LogP contribution < -0.4 is 14.4 Å². The fraction of sp³-hybridized carbons (Fsp3) is 0.182. The van der Waals surface area contributed by atoms with Crippen molar-refractivity contribution in [3.05, 3.63) is 57.3 Å². The SMILES string of the molecule is C#CCOc1c(I)cc(/C=C2/C(=O)N(c3ccccc3)C(=S)N2C)cc1OCC. The van der Waals surface area contributed by atoms with Crippen molar-refractivity contribution in [1.82, 2.24) is 4.90 Å². The molecule has 1 aliphatic heterocycles. The highest BCUT2D eigenvalue weighted by atomic mass is 127. The highest BCUT2D eigenvalue weighted by molar-refractivity contribution is 14.1. The highest BCUT2D eigenvalue weighted by Gasteiger charge is 2.36. The van der Waals surface area contributed by atoms with Gasteiger partial charge in [0, 0.05) is 7.05 Å². The maximum atomic E-state index is 13.1. The van der Waals surface area contributed by atoms with Crippen LogP contribution in [-0.2, 0) is 4.79 Å². The van der Waals surface area contributed by atoms with Crippen molar-refractivity contribution in [3.63, 3.8) is 0 Å². The van der Waals surface area contributed by atoms with Gasteiger partial charge in [-0.05, 0) is 77.6 Å². The van der Waals surface area contributed by atoms with E-state index in [-0.39, 0.29) is 12.5 Å². The van der Waals surface area contributed by atoms with E-state index < -0.39 is 0 Å². The lowest BCUT2D eigenvalue weighted by Gasteiger charge is -2.16. The fourth-order valence-electron chi connectivity index (χ4n) is 2.91. The molecular weight excluding hydrogens is 499 g/mol. The molecule has 2 aromatic carbocycles. The van der Waals surface area contributed by atoms with Crippen LogP contribution in [0.5, 0.6) is 11.5 Å². The fourth-order valence-corrected chi connectivity index (χ4v) is 3.97. The third-order valence-electron chi connectivity index (χ3n) is 4.21. The topological polar surface area (TPSA) is 42.0 Å². The molecule has 0 unspecified atom stereocenters. The number of benzene rings is 2. The zero-order valence-corrected chi connectivity index (χ0v) is 19.0. The monoisotopic (exact) mass is 518 g/mol. The first-order valence-corrected chi connectivity index (χ1v) is 10.4. The summed E-state index contributed by atoms with van der Waals surface area (Å²) in [5.74, 6) is 3.46. The highest BCUT2D eigenvalue weighted by Crippen LogP contribution is 2.36. The Morgan fingerprint density at radius 2 is 1.97 bits per heavy atom. The Morgan fingerprint density at radius 1 is 1.24 bits per heavy atom. The molecule has 0 spiro atoms. The molecule has 1 heterocycles. The maximum Gasteiger partial charge on any atom is 0.281 e. The van der Waals surface area contributed by atoms with Gasteiger partial charge in [-0.15, -0.1) is 6.42 Å². The lowest BCUT2D eigenvalue weighted by atomic mass is 10.1. The van der Waals surface area contributed by atoms with E-state index in [9.17, 15) is 4.79 Å². The Bertz CT molecular complexity index is 1010. The number of amides is 1. The zero-order valence-electron chi connectivity index (χ0n) is 16.0. The largest absolute Gasteiger partial charge is 0.490 e. The predicted molar refractivity (Wildman–Crippen MR) is 127 cm³/mol. The number of thiocarbonyl (C=S) groups is 1. The molecule has 1 saturated heterocycles. The minimum Gasteiger partial charge on any atom is -0.490 e. The van der Waals surface area contributed by atoms with Crippen LogP contribution in [0, 0.1) is 15.9 Å². The number of para-hydroxylation sites is 1. The molecule has 0 N–H and O–H groups in total. The maximum absolute atomic E-state index is 13.1. The van der Waals surface area contributed by atoms with Crippen molar-refractivity contribution in [1.29, 1.82) is 0 Å². The number of hydrogen-bond acceptors (Lipinski definition) is 4. The van der Waals surface area contributed by atoms with Crippen LogP contribution in [0.25, 0.3) is 6.08 Å². The smallest absolute Gasteiger partial charge is 0.281 e. The number of nitrogens with zero attached hydrogens (tertiary/aromatic N) is 2. The van der Waals surface area contributed by atoms with Crippen molar-refractivity contribution in [2.75, 3.05) is 25.2 Å². The molecule has 0 saturated carbocycles. The van der Waals surface area contributed by atoms with E-state index in [2.05, 4.69) is 28.5 Å². The van der Waals surface area contributed by atoms with Gasteiger partial charge in [-0.25, -0.2) is 0 Å². The standard InChI is InChI=1S/C22H19IN2O3S/c1-4-11-28-20-17(23)12-15(14-19(20)27-5-2)13-18-21(26)25(22(29)24(18)3)16-9-7-6-8-10-16/h1,6-10,12-14H,5,11H2,2-3H3/b18-13-. The van der Waals surface area contributed by atoms with E-state index in [1.54, 1.807) is 18.0 Å². The summed E-state index contributed by atoms with van der Waals surface area (Å²) in [6, 6.07) is 13.1. The molecule has 2 aromatic rings. The summed E-state index contributed by atoms with van der Waals surface area (Å²) in [7, 11) is 1.79. The van der Waals surface area contributed by atoms with E-state index in [1.807, 2.05) is 49.4 Å². The Morgan fingerprint density at radius 3 is 2.62 bits per heavy atom. The molecule has 1 fully saturated rings. The second-order valence-electron chi connectivity index (χ2n) is 6.10. The normalized spacial score (nSPS) is 15.0. The van der Waals surface area contributed by atoms with E-state index >= 15 is 0 Å². The number of anilines is 1. The Balaban J connectivity index is 2.00. The Kier molecular flexibility index (Phi) is 6.77. The van der Waals surface area contributed by atoms with E-state index in [1.165, 1.54) is 4.90 Å². The summed E-state index contributed by atoms with van der Waals surface area (Å²) < 4.78 is 12.2. The quantitative estimate of drug-likeness (QED) is 0.247. The summed E-state index contributed by atoms with van der Waals surface area (Å²) in [5, 5.41) is 0.432. The summed E-state index contributed by atoms with van der Waals surface area (Å²) in [5.41, 5.74) is 2.02. The number of carbonyl (C=O) groups excluding carboxylic acids is 1. The lowest BCUT2D eigenvalue weighted by molar-refractivity contribution is -0.114. The summed E-state index contributed by atoms with van der Waals surface area (Å²) in [4.78, 5) is 16.3. The van der Waals surface area contributed by atoms with Gasteiger partial charge in [-0.1, -0.05) is 24.1 Å². The molecule has 1 aliphatic rings. The van der Waals surface area contributed by atoms with Crippen molar-refractivity contribution < 1.29 is 14.3 Å². The van der Waals surface area contributed by atoms with Crippen molar-refractivity contribution in [2.45, 2.75) is 6.92 Å². The van der Waals surface area contributed by atoms with Crippen molar-refractivity contribution in [3.8, 4) is 23.8 Å². The third-order valence-corrected chi connectivity index (χ3v) is 5.47. The van der Waals surface area contributed by atoms with Gasteiger partial charge in [0.25, 0.3) is 5.91 Å². The molecule has 0 atom stereocenters. The van der Waals surface area contributed by atoms with Gasteiger partial charge >= 0.3 is 0 Å². The molecule has 3 rings (SSSR count). The van der Waals surface area contributed by atoms with Gasteiger partial charge in [0.05, 0.1) is 15.9 Å². The first-order chi connectivity index (χ1) is 14.0. The van der Waals surface area contributed by atoms with Gasteiger partial charge in [0.15, 0.2) is 16.6 Å². The van der Waals surface area contributed by atoms with Gasteiger partial charge in [0.2, 0.25) is 0 Å². The molecule has 148 valence electrons. The first kappa shape index (κ1) is 21.1. The molecule has 7 heteroatoms. The minimum absolute atomic E-state index is 0.151. The molecule has 0 aromatic heterocycles. The second-order valence-corrected chi connectivity index (χ2v) is 7.63. The summed E-state index contributed by atoms with van der Waals surface area (Å²) in [6.45, 7) is 2.53. The number of likely N-dealkylation sites (N-methyl/N-ethyl adjacent to an activating group) is 1. The molecule has 0 radical (unpaired) electrons. The van der Waals surface area contributed by atoms with Gasteiger partial charge in [0.1, 0.15) is 12.3 Å². The van der Waals surface area contributed by atoms with Crippen LogP contribution in [0.1, 0.15) is 12.5 Å². The summed E-state index contributed by atoms with van der Waals surface area (Å²) >= 11 is 7.67. The minimum atomic E-state index is -0.177. The molecule has 29 heavy (non-hydrogen) atoms. The average molecular weight is 518 g/mol. The number of terminal acetylenes is 1. The number of hydrogen-bond donors (Lipinski definition) is 0. The predicted octanol–water partition coefficient (Wildman–Crippen LogP) is 4.31. The van der Waals surface area contributed by atoms with Crippen LogP contribution in [0.15, 0.2) is 48.2 Å². The second kappa shape index (κ2) is 9.29. The Labute approximate surface area is 189 Å². The van der Waals surface area contributed by atoms with Crippen LogP contribution in [0.4, 0.5) is 5.69 Å². The third kappa shape index (κ3) is 4.38. The number of halogens is 1. The van der Waals surface area contributed by atoms with E-state index in [0.29, 0.717) is 28.9 Å². The number of rotatable bonds is 6. The molecule has 1 amide bonds. The van der Waals surface area contributed by atoms with Crippen molar-refractivity contribution >= 4 is 57.6 Å². The number of ether oxygens (including phenoxy) is 2. The molecular formula is C22H19IN2O3S. The average Bonchev–Trinajstić information content (AvgIpc) is 2.91. The Hall–Kier alpha value is -2.57. The molecule has 5 nitrogen and oxygen atoms in total. The number of carbonyl (C=O) groups is 1. The van der Waals surface area contributed by atoms with Gasteiger partial charge < -0.3 is 14.4 Å². The van der Waals surface area contributed by atoms with E-state index in [4.69, 9.17) is 28.1 Å². The molecule has 0 aliphatic carbocycles. The molecule has 0 bridgehead atoms. The zero-order chi connectivity index (χ0) is 21.0. The van der Waals surface area contributed by atoms with Crippen LogP contribution in [0.3, 0.4) is 0 Å². The van der Waals surface area contributed by atoms with Gasteiger partial charge in [-0.3, -0.25) is 9.69 Å². The van der Waals surface area contributed by atoms with E-state index in [0.717, 1.165) is 14.8 Å². The van der Waals surface area contributed by atoms with Crippen LogP contribution >= 0.6 is 34.8 Å². The van der Waals surface area contributed by atoms with Gasteiger partial charge in [-0.2, -0.15) is 0 Å². The first-order valence-electron chi connectivity index (χ1n) is 8.89. The summed E-state index contributed by atoms with van der Waals surface area (Å²) in [6.07, 6.45) is 7.10.